The number of aromatic nitrogens is 1. The lowest BCUT2D eigenvalue weighted by Crippen LogP contribution is -2.01. The van der Waals surface area contributed by atoms with Crippen LogP contribution in [0, 0.1) is 0 Å². The maximum atomic E-state index is 9.99. The zero-order chi connectivity index (χ0) is 8.27. The van der Waals surface area contributed by atoms with Crippen LogP contribution in [0.1, 0.15) is 0 Å². The second kappa shape index (κ2) is 3.34. The highest BCUT2D eigenvalue weighted by Gasteiger charge is 1.98. The molecule has 0 atom stereocenters. The van der Waals surface area contributed by atoms with Gasteiger partial charge in [0.1, 0.15) is 0 Å². The van der Waals surface area contributed by atoms with E-state index in [1.807, 2.05) is 0 Å². The van der Waals surface area contributed by atoms with Gasteiger partial charge in [0.15, 0.2) is 5.82 Å². The lowest BCUT2D eigenvalue weighted by Gasteiger charge is -2.01. The predicted octanol–water partition coefficient (Wildman–Crippen LogP) is 0.995. The SMILES string of the molecule is Nc1cc(Br)cnc1NC=O. The van der Waals surface area contributed by atoms with Crippen molar-refractivity contribution in [1.82, 2.24) is 4.98 Å². The number of anilines is 2. The van der Waals surface area contributed by atoms with Gasteiger partial charge < -0.3 is 11.1 Å². The second-order valence-corrected chi connectivity index (χ2v) is 2.77. The minimum absolute atomic E-state index is 0.378. The fourth-order valence-electron chi connectivity index (χ4n) is 0.631. The summed E-state index contributed by atoms with van der Waals surface area (Å²) in [6.07, 6.45) is 2.09. The summed E-state index contributed by atoms with van der Waals surface area (Å²) in [6, 6.07) is 1.67. The zero-order valence-corrected chi connectivity index (χ0v) is 7.13. The number of carbonyl (C=O) groups excluding carboxylic acids is 1. The Morgan fingerprint density at radius 2 is 2.45 bits per heavy atom. The molecule has 0 aliphatic heterocycles. The molecule has 1 rings (SSSR count). The van der Waals surface area contributed by atoms with E-state index in [1.165, 1.54) is 0 Å². The van der Waals surface area contributed by atoms with E-state index >= 15 is 0 Å². The molecule has 1 amide bonds. The Hall–Kier alpha value is -1.10. The minimum atomic E-state index is 0.378. The van der Waals surface area contributed by atoms with Crippen molar-refractivity contribution in [2.24, 2.45) is 0 Å². The molecule has 0 spiro atoms. The van der Waals surface area contributed by atoms with E-state index in [0.29, 0.717) is 17.9 Å². The van der Waals surface area contributed by atoms with Crippen molar-refractivity contribution < 1.29 is 4.79 Å². The Labute approximate surface area is 71.9 Å². The summed E-state index contributed by atoms with van der Waals surface area (Å²) in [6.45, 7) is 0. The molecule has 1 heterocycles. The molecule has 11 heavy (non-hydrogen) atoms. The third-order valence-corrected chi connectivity index (χ3v) is 1.51. The van der Waals surface area contributed by atoms with Gasteiger partial charge in [0.25, 0.3) is 0 Å². The van der Waals surface area contributed by atoms with Crippen molar-refractivity contribution in [3.63, 3.8) is 0 Å². The Morgan fingerprint density at radius 1 is 1.73 bits per heavy atom. The number of nitrogens with two attached hydrogens (primary N) is 1. The van der Waals surface area contributed by atoms with Crippen LogP contribution >= 0.6 is 15.9 Å². The number of halogens is 1. The Morgan fingerprint density at radius 3 is 3.00 bits per heavy atom. The van der Waals surface area contributed by atoms with Crippen molar-refractivity contribution in [2.45, 2.75) is 0 Å². The van der Waals surface area contributed by atoms with Crippen LogP contribution in [-0.2, 0) is 4.79 Å². The van der Waals surface area contributed by atoms with Crippen LogP contribution in [-0.4, -0.2) is 11.4 Å². The highest BCUT2D eigenvalue weighted by atomic mass is 79.9. The molecule has 0 unspecified atom stereocenters. The van der Waals surface area contributed by atoms with Crippen LogP contribution in [0.15, 0.2) is 16.7 Å². The van der Waals surface area contributed by atoms with Crippen LogP contribution in [0.4, 0.5) is 11.5 Å². The highest BCUT2D eigenvalue weighted by Crippen LogP contribution is 2.18. The Kier molecular flexibility index (Phi) is 2.43. The molecule has 58 valence electrons. The average Bonchev–Trinajstić information content (AvgIpc) is 1.95. The van der Waals surface area contributed by atoms with E-state index in [2.05, 4.69) is 26.2 Å². The van der Waals surface area contributed by atoms with E-state index in [1.54, 1.807) is 12.3 Å². The first-order valence-corrected chi connectivity index (χ1v) is 3.64. The quantitative estimate of drug-likeness (QED) is 0.724. The molecule has 0 bridgehead atoms. The molecule has 0 saturated carbocycles. The molecule has 3 N–H and O–H groups in total. The molecule has 0 aliphatic carbocycles. The molecule has 0 saturated heterocycles. The van der Waals surface area contributed by atoms with Gasteiger partial charge in [-0.3, -0.25) is 4.79 Å². The van der Waals surface area contributed by atoms with Crippen LogP contribution in [0.25, 0.3) is 0 Å². The number of rotatable bonds is 2. The smallest absolute Gasteiger partial charge is 0.212 e. The van der Waals surface area contributed by atoms with Gasteiger partial charge in [-0.2, -0.15) is 0 Å². The van der Waals surface area contributed by atoms with E-state index < -0.39 is 0 Å². The molecular formula is C6H6BrN3O. The molecule has 4 nitrogen and oxygen atoms in total. The fourth-order valence-corrected chi connectivity index (χ4v) is 0.980. The standard InChI is InChI=1S/C6H6BrN3O/c7-4-1-5(8)6(9-2-4)10-3-11/h1-3H,8H2,(H,9,10,11). The number of nitrogens with one attached hydrogen (secondary N) is 1. The molecule has 0 aromatic carbocycles. The van der Waals surface area contributed by atoms with Gasteiger partial charge in [-0.1, -0.05) is 0 Å². The number of hydrogen-bond acceptors (Lipinski definition) is 3. The zero-order valence-electron chi connectivity index (χ0n) is 5.54. The summed E-state index contributed by atoms with van der Waals surface area (Å²) < 4.78 is 0.784. The van der Waals surface area contributed by atoms with Gasteiger partial charge in [0, 0.05) is 10.7 Å². The van der Waals surface area contributed by atoms with Crippen LogP contribution < -0.4 is 11.1 Å². The molecular weight excluding hydrogens is 210 g/mol. The van der Waals surface area contributed by atoms with Crippen molar-refractivity contribution in [1.29, 1.82) is 0 Å². The van der Waals surface area contributed by atoms with Crippen LogP contribution in [0.5, 0.6) is 0 Å². The van der Waals surface area contributed by atoms with Crippen molar-refractivity contribution in [3.05, 3.63) is 16.7 Å². The molecule has 0 fully saturated rings. The van der Waals surface area contributed by atoms with Crippen molar-refractivity contribution >= 4 is 33.8 Å². The van der Waals surface area contributed by atoms with E-state index in [9.17, 15) is 4.79 Å². The fraction of sp³-hybridized carbons (Fsp3) is 0. The summed E-state index contributed by atoms with van der Waals surface area (Å²) in [7, 11) is 0. The number of nitrogen functional groups attached to an aromatic ring is 1. The number of nitrogens with zero attached hydrogens (tertiary/aromatic N) is 1. The minimum Gasteiger partial charge on any atom is -0.396 e. The van der Waals surface area contributed by atoms with Gasteiger partial charge in [0.2, 0.25) is 6.41 Å². The Bertz CT molecular complexity index is 277. The number of hydrogen-bond donors (Lipinski definition) is 2. The van der Waals surface area contributed by atoms with Crippen molar-refractivity contribution in [3.8, 4) is 0 Å². The third-order valence-electron chi connectivity index (χ3n) is 1.08. The first-order chi connectivity index (χ1) is 5.24. The van der Waals surface area contributed by atoms with Gasteiger partial charge >= 0.3 is 0 Å². The maximum Gasteiger partial charge on any atom is 0.212 e. The topological polar surface area (TPSA) is 68.0 Å². The first kappa shape index (κ1) is 8.00. The predicted molar refractivity (Wildman–Crippen MR) is 46.0 cm³/mol. The normalized spacial score (nSPS) is 9.18. The summed E-state index contributed by atoms with van der Waals surface area (Å²) >= 11 is 3.19. The van der Waals surface area contributed by atoms with E-state index in [-0.39, 0.29) is 0 Å². The van der Waals surface area contributed by atoms with Crippen molar-refractivity contribution in [2.75, 3.05) is 11.1 Å². The van der Waals surface area contributed by atoms with Crippen LogP contribution in [0.2, 0.25) is 0 Å². The lowest BCUT2D eigenvalue weighted by molar-refractivity contribution is -0.105. The van der Waals surface area contributed by atoms with E-state index in [0.717, 1.165) is 4.47 Å². The van der Waals surface area contributed by atoms with E-state index in [4.69, 9.17) is 5.73 Å². The largest absolute Gasteiger partial charge is 0.396 e. The Balaban J connectivity index is 2.98. The first-order valence-electron chi connectivity index (χ1n) is 2.85. The van der Waals surface area contributed by atoms with Gasteiger partial charge in [0.05, 0.1) is 5.69 Å². The highest BCUT2D eigenvalue weighted by molar-refractivity contribution is 9.10. The summed E-state index contributed by atoms with van der Waals surface area (Å²) in [5.74, 6) is 0.378. The van der Waals surface area contributed by atoms with Gasteiger partial charge in [-0.15, -0.1) is 0 Å². The molecule has 0 radical (unpaired) electrons. The summed E-state index contributed by atoms with van der Waals surface area (Å²) in [5, 5.41) is 2.37. The van der Waals surface area contributed by atoms with Gasteiger partial charge in [-0.25, -0.2) is 4.98 Å². The number of amides is 1. The summed E-state index contributed by atoms with van der Waals surface area (Å²) in [4.78, 5) is 13.8. The molecule has 0 aliphatic rings. The number of carbonyl (C=O) groups is 1. The molecule has 1 aromatic heterocycles. The third kappa shape index (κ3) is 1.91. The summed E-state index contributed by atoms with van der Waals surface area (Å²) in [5.41, 5.74) is 5.93. The monoisotopic (exact) mass is 215 g/mol. The maximum absolute atomic E-state index is 9.99. The molecule has 1 aromatic rings. The number of pyridine rings is 1. The molecule has 5 heteroatoms. The van der Waals surface area contributed by atoms with Gasteiger partial charge in [-0.05, 0) is 22.0 Å². The average molecular weight is 216 g/mol. The second-order valence-electron chi connectivity index (χ2n) is 1.85. The lowest BCUT2D eigenvalue weighted by atomic mass is 10.4. The van der Waals surface area contributed by atoms with Crippen LogP contribution in [0.3, 0.4) is 0 Å².